The van der Waals surface area contributed by atoms with E-state index in [4.69, 9.17) is 14.2 Å². The van der Waals surface area contributed by atoms with Gasteiger partial charge in [0.15, 0.2) is 6.10 Å². The van der Waals surface area contributed by atoms with E-state index in [1.165, 1.54) is 116 Å². The van der Waals surface area contributed by atoms with Crippen LogP contribution in [0.3, 0.4) is 0 Å². The molecule has 61 heavy (non-hydrogen) atoms. The Morgan fingerprint density at radius 1 is 0.344 bits per heavy atom. The van der Waals surface area contributed by atoms with E-state index in [2.05, 4.69) is 81.5 Å². The largest absolute Gasteiger partial charge is 0.462 e. The molecular formula is C55H96O6. The van der Waals surface area contributed by atoms with Crippen LogP contribution in [0.15, 0.2) is 60.8 Å². The van der Waals surface area contributed by atoms with E-state index in [-0.39, 0.29) is 31.1 Å². The fourth-order valence-electron chi connectivity index (χ4n) is 7.17. The monoisotopic (exact) mass is 853 g/mol. The number of allylic oxidation sites excluding steroid dienone is 10. The molecule has 0 bridgehead atoms. The maximum absolute atomic E-state index is 12.8. The minimum absolute atomic E-state index is 0.0817. The average Bonchev–Trinajstić information content (AvgIpc) is 3.26. The highest BCUT2D eigenvalue weighted by Gasteiger charge is 2.19. The fourth-order valence-corrected chi connectivity index (χ4v) is 7.17. The Kier molecular flexibility index (Phi) is 47.4. The van der Waals surface area contributed by atoms with Crippen LogP contribution in [0.5, 0.6) is 0 Å². The zero-order chi connectivity index (χ0) is 44.4. The molecule has 1 unspecified atom stereocenters. The van der Waals surface area contributed by atoms with Crippen molar-refractivity contribution >= 4 is 17.9 Å². The van der Waals surface area contributed by atoms with Gasteiger partial charge >= 0.3 is 17.9 Å². The van der Waals surface area contributed by atoms with E-state index in [1.807, 2.05) is 0 Å². The SMILES string of the molecule is CC/C=C\C/C=C\C/C=C\C/C=C\C/C=C\CCCCCC(=O)OCC(COC(=O)CCCCCCCCCCCC)OC(=O)CCCCCCCCCCCCCCCC. The maximum Gasteiger partial charge on any atom is 0.306 e. The second-order valence-corrected chi connectivity index (χ2v) is 17.1. The van der Waals surface area contributed by atoms with Crippen molar-refractivity contribution in [3.05, 3.63) is 60.8 Å². The predicted molar refractivity (Wildman–Crippen MR) is 261 cm³/mol. The van der Waals surface area contributed by atoms with Gasteiger partial charge in [-0.1, -0.05) is 229 Å². The second-order valence-electron chi connectivity index (χ2n) is 17.1. The zero-order valence-corrected chi connectivity index (χ0v) is 40.2. The van der Waals surface area contributed by atoms with Crippen LogP contribution in [0, 0.1) is 0 Å². The summed E-state index contributed by atoms with van der Waals surface area (Å²) in [6.45, 7) is 6.49. The first-order chi connectivity index (χ1) is 30.0. The van der Waals surface area contributed by atoms with E-state index in [9.17, 15) is 14.4 Å². The van der Waals surface area contributed by atoms with E-state index >= 15 is 0 Å². The van der Waals surface area contributed by atoms with Crippen molar-refractivity contribution < 1.29 is 28.6 Å². The van der Waals surface area contributed by atoms with Gasteiger partial charge in [-0.25, -0.2) is 0 Å². The first-order valence-electron chi connectivity index (χ1n) is 25.8. The molecule has 0 aliphatic carbocycles. The molecule has 0 radical (unpaired) electrons. The number of carbonyl (C=O) groups is 3. The molecule has 0 amide bonds. The highest BCUT2D eigenvalue weighted by molar-refractivity contribution is 5.71. The standard InChI is InChI=1S/C55H96O6/c1-4-7-10-13-16-19-22-24-26-27-28-29-30-32-33-36-39-42-45-48-54(57)60-51-52(50-59-53(56)47-44-41-38-35-21-18-15-12-9-6-3)61-55(58)49-46-43-40-37-34-31-25-23-20-17-14-11-8-5-2/h7,10,16,19,24,26,28-29,32-33,52H,4-6,8-9,11-15,17-18,20-23,25,27,30-31,34-51H2,1-3H3/b10-7-,19-16-,26-24-,29-28-,33-32-. The highest BCUT2D eigenvalue weighted by Crippen LogP contribution is 2.15. The number of hydrogen-bond acceptors (Lipinski definition) is 6. The quantitative estimate of drug-likeness (QED) is 0.0263. The van der Waals surface area contributed by atoms with Gasteiger partial charge in [-0.2, -0.15) is 0 Å². The smallest absolute Gasteiger partial charge is 0.306 e. The lowest BCUT2D eigenvalue weighted by atomic mass is 10.0. The average molecular weight is 853 g/mol. The third-order valence-corrected chi connectivity index (χ3v) is 11.0. The van der Waals surface area contributed by atoms with Crippen LogP contribution in [-0.2, 0) is 28.6 Å². The number of esters is 3. The van der Waals surface area contributed by atoms with Crippen molar-refractivity contribution in [3.8, 4) is 0 Å². The Morgan fingerprint density at radius 2 is 0.639 bits per heavy atom. The first kappa shape index (κ1) is 58.1. The molecule has 6 heteroatoms. The summed E-state index contributed by atoms with van der Waals surface area (Å²) < 4.78 is 16.8. The van der Waals surface area contributed by atoms with Gasteiger partial charge in [0.25, 0.3) is 0 Å². The van der Waals surface area contributed by atoms with Gasteiger partial charge in [0.1, 0.15) is 13.2 Å². The number of unbranched alkanes of at least 4 members (excludes halogenated alkanes) is 25. The summed E-state index contributed by atoms with van der Waals surface area (Å²) in [5, 5.41) is 0. The lowest BCUT2D eigenvalue weighted by molar-refractivity contribution is -0.167. The van der Waals surface area contributed by atoms with Gasteiger partial charge in [-0.15, -0.1) is 0 Å². The Morgan fingerprint density at radius 3 is 1.00 bits per heavy atom. The molecule has 0 saturated carbocycles. The minimum atomic E-state index is -0.782. The molecule has 0 spiro atoms. The van der Waals surface area contributed by atoms with Gasteiger partial charge in [-0.3, -0.25) is 14.4 Å². The van der Waals surface area contributed by atoms with Crippen molar-refractivity contribution in [2.75, 3.05) is 13.2 Å². The normalized spacial score (nSPS) is 12.5. The van der Waals surface area contributed by atoms with Crippen LogP contribution < -0.4 is 0 Å². The zero-order valence-electron chi connectivity index (χ0n) is 40.2. The fraction of sp³-hybridized carbons (Fsp3) is 0.764. The summed E-state index contributed by atoms with van der Waals surface area (Å²) in [6, 6.07) is 0. The van der Waals surface area contributed by atoms with Crippen molar-refractivity contribution in [2.45, 2.75) is 258 Å². The van der Waals surface area contributed by atoms with Crippen molar-refractivity contribution in [2.24, 2.45) is 0 Å². The predicted octanol–water partition coefficient (Wildman–Crippen LogP) is 16.9. The Labute approximate surface area is 377 Å². The molecule has 0 aromatic carbocycles. The summed E-state index contributed by atoms with van der Waals surface area (Å²) in [4.78, 5) is 37.9. The number of carbonyl (C=O) groups excluding carboxylic acids is 3. The molecule has 0 aliphatic rings. The first-order valence-corrected chi connectivity index (χ1v) is 25.8. The third kappa shape index (κ3) is 48.0. The van der Waals surface area contributed by atoms with Crippen LogP contribution in [0.1, 0.15) is 252 Å². The van der Waals surface area contributed by atoms with E-state index in [0.717, 1.165) is 96.3 Å². The van der Waals surface area contributed by atoms with E-state index in [1.54, 1.807) is 0 Å². The molecule has 0 rings (SSSR count). The molecular weight excluding hydrogens is 757 g/mol. The number of hydrogen-bond donors (Lipinski definition) is 0. The molecule has 0 fully saturated rings. The van der Waals surface area contributed by atoms with Gasteiger partial charge in [0.2, 0.25) is 0 Å². The molecule has 6 nitrogen and oxygen atoms in total. The molecule has 0 aromatic heterocycles. The summed E-state index contributed by atoms with van der Waals surface area (Å²) in [7, 11) is 0. The van der Waals surface area contributed by atoms with Crippen LogP contribution >= 0.6 is 0 Å². The Balaban J connectivity index is 4.39. The lowest BCUT2D eigenvalue weighted by Crippen LogP contribution is -2.30. The molecule has 352 valence electrons. The van der Waals surface area contributed by atoms with Crippen LogP contribution in [0.2, 0.25) is 0 Å². The summed E-state index contributed by atoms with van der Waals surface area (Å²) in [5.74, 6) is -0.910. The Hall–Kier alpha value is -2.89. The van der Waals surface area contributed by atoms with Crippen molar-refractivity contribution in [1.82, 2.24) is 0 Å². The van der Waals surface area contributed by atoms with Gasteiger partial charge < -0.3 is 14.2 Å². The van der Waals surface area contributed by atoms with Gasteiger partial charge in [-0.05, 0) is 64.2 Å². The molecule has 1 atom stereocenters. The van der Waals surface area contributed by atoms with Crippen LogP contribution in [0.4, 0.5) is 0 Å². The molecule has 0 aromatic rings. The van der Waals surface area contributed by atoms with Crippen LogP contribution in [0.25, 0.3) is 0 Å². The maximum atomic E-state index is 12.8. The lowest BCUT2D eigenvalue weighted by Gasteiger charge is -2.18. The number of rotatable bonds is 46. The van der Waals surface area contributed by atoms with Crippen molar-refractivity contribution in [3.63, 3.8) is 0 Å². The summed E-state index contributed by atoms with van der Waals surface area (Å²) in [5.41, 5.74) is 0. The molecule has 0 N–H and O–H groups in total. The highest BCUT2D eigenvalue weighted by atomic mass is 16.6. The third-order valence-electron chi connectivity index (χ3n) is 11.0. The summed E-state index contributed by atoms with van der Waals surface area (Å²) in [6.07, 6.45) is 60.6. The minimum Gasteiger partial charge on any atom is -0.462 e. The second kappa shape index (κ2) is 49.8. The molecule has 0 saturated heterocycles. The van der Waals surface area contributed by atoms with Gasteiger partial charge in [0.05, 0.1) is 0 Å². The van der Waals surface area contributed by atoms with Crippen molar-refractivity contribution in [1.29, 1.82) is 0 Å². The molecule has 0 aliphatic heterocycles. The van der Waals surface area contributed by atoms with Crippen LogP contribution in [-0.4, -0.2) is 37.2 Å². The van der Waals surface area contributed by atoms with Gasteiger partial charge in [0, 0.05) is 19.3 Å². The summed E-state index contributed by atoms with van der Waals surface area (Å²) >= 11 is 0. The molecule has 0 heterocycles. The topological polar surface area (TPSA) is 78.9 Å². The van der Waals surface area contributed by atoms with E-state index in [0.29, 0.717) is 19.3 Å². The Bertz CT molecular complexity index is 1120. The number of ether oxygens (including phenoxy) is 3. The van der Waals surface area contributed by atoms with E-state index < -0.39 is 6.10 Å².